The number of nitrogens with zero attached hydrogens (tertiary/aromatic N) is 4. The molecular formula is C13H21F2N5. The third-order valence-electron chi connectivity index (χ3n) is 3.66. The zero-order chi connectivity index (χ0) is 14.5. The molecule has 0 aromatic carbocycles. The van der Waals surface area contributed by atoms with Gasteiger partial charge in [0, 0.05) is 32.5 Å². The highest BCUT2D eigenvalue weighted by atomic mass is 19.3. The summed E-state index contributed by atoms with van der Waals surface area (Å²) in [6.45, 7) is 1.82. The summed E-state index contributed by atoms with van der Waals surface area (Å²) < 4.78 is 26.3. The molecule has 112 valence electrons. The molecule has 5 nitrogen and oxygen atoms in total. The number of aromatic nitrogens is 2. The van der Waals surface area contributed by atoms with Crippen LogP contribution in [-0.2, 0) is 6.54 Å². The molecule has 7 heteroatoms. The van der Waals surface area contributed by atoms with Gasteiger partial charge in [-0.1, -0.05) is 6.92 Å². The van der Waals surface area contributed by atoms with E-state index in [1.165, 1.54) is 12.4 Å². The molecule has 2 heterocycles. The van der Waals surface area contributed by atoms with Gasteiger partial charge in [0.1, 0.15) is 5.82 Å². The van der Waals surface area contributed by atoms with E-state index in [0.717, 1.165) is 42.4 Å². The van der Waals surface area contributed by atoms with Crippen molar-refractivity contribution in [1.29, 1.82) is 0 Å². The monoisotopic (exact) mass is 285 g/mol. The van der Waals surface area contributed by atoms with Crippen LogP contribution in [0.2, 0.25) is 0 Å². The molecule has 0 spiro atoms. The summed E-state index contributed by atoms with van der Waals surface area (Å²) in [7, 11) is 1.71. The third-order valence-corrected chi connectivity index (χ3v) is 3.66. The fourth-order valence-corrected chi connectivity index (χ4v) is 2.37. The molecule has 1 aliphatic heterocycles. The number of nitrogens with one attached hydrogen (secondary N) is 1. The number of alkyl halides is 2. The molecular weight excluding hydrogens is 264 g/mol. The maximum atomic E-state index is 12.7. The van der Waals surface area contributed by atoms with Gasteiger partial charge in [0.05, 0.1) is 6.54 Å². The summed E-state index contributed by atoms with van der Waals surface area (Å²) in [6.07, 6.45) is 4.93. The predicted octanol–water partition coefficient (Wildman–Crippen LogP) is 2.09. The van der Waals surface area contributed by atoms with E-state index in [-0.39, 0.29) is 6.54 Å². The van der Waals surface area contributed by atoms with Gasteiger partial charge in [-0.05, 0) is 18.8 Å². The van der Waals surface area contributed by atoms with Crippen molar-refractivity contribution in [2.24, 2.45) is 10.9 Å². The lowest BCUT2D eigenvalue weighted by Crippen LogP contribution is -2.45. The molecule has 1 aromatic heterocycles. The van der Waals surface area contributed by atoms with Crippen molar-refractivity contribution in [2.45, 2.75) is 32.9 Å². The first-order chi connectivity index (χ1) is 9.61. The number of hydrogen-bond acceptors (Lipinski definition) is 2. The topological polar surface area (TPSA) is 45.5 Å². The molecule has 0 unspecified atom stereocenters. The lowest BCUT2D eigenvalue weighted by Gasteiger charge is -2.32. The zero-order valence-electron chi connectivity index (χ0n) is 11.9. The number of guanidine groups is 1. The third kappa shape index (κ3) is 3.46. The summed E-state index contributed by atoms with van der Waals surface area (Å²) in [5.74, 6) is 1.80. The fourth-order valence-electron chi connectivity index (χ4n) is 2.37. The van der Waals surface area contributed by atoms with Crippen molar-refractivity contribution in [3.8, 4) is 0 Å². The van der Waals surface area contributed by atoms with Gasteiger partial charge in [0.2, 0.25) is 0 Å². The van der Waals surface area contributed by atoms with Crippen LogP contribution in [-0.4, -0.2) is 40.5 Å². The lowest BCUT2D eigenvalue weighted by molar-refractivity contribution is 0.0668. The Morgan fingerprint density at radius 1 is 1.50 bits per heavy atom. The summed E-state index contributed by atoms with van der Waals surface area (Å²) in [6, 6.07) is 0. The second kappa shape index (κ2) is 6.67. The average Bonchev–Trinajstić information content (AvgIpc) is 2.90. The molecule has 1 fully saturated rings. The first-order valence-electron chi connectivity index (χ1n) is 6.87. The molecule has 0 saturated carbocycles. The first kappa shape index (κ1) is 14.7. The van der Waals surface area contributed by atoms with Crippen LogP contribution >= 0.6 is 0 Å². The zero-order valence-corrected chi connectivity index (χ0v) is 11.9. The predicted molar refractivity (Wildman–Crippen MR) is 73.6 cm³/mol. The Kier molecular flexibility index (Phi) is 4.92. The summed E-state index contributed by atoms with van der Waals surface area (Å²) in [4.78, 5) is 10.3. The van der Waals surface area contributed by atoms with E-state index >= 15 is 0 Å². The van der Waals surface area contributed by atoms with Crippen LogP contribution in [0.25, 0.3) is 0 Å². The highest BCUT2D eigenvalue weighted by Gasteiger charge is 2.19. The van der Waals surface area contributed by atoms with Crippen molar-refractivity contribution in [2.75, 3.05) is 20.1 Å². The van der Waals surface area contributed by atoms with Gasteiger partial charge in [0.15, 0.2) is 5.96 Å². The van der Waals surface area contributed by atoms with Crippen molar-refractivity contribution in [3.05, 3.63) is 18.2 Å². The standard InChI is InChI=1S/C13H21F2N5/c1-10-3-6-19(7-4-10)13(16-2)18-9-11-17-5-8-20(11)12(14)15/h5,8,10,12H,3-4,6-7,9H2,1-2H3,(H,16,18). The van der Waals surface area contributed by atoms with E-state index < -0.39 is 6.55 Å². The number of likely N-dealkylation sites (tertiary alicyclic amines) is 1. The van der Waals surface area contributed by atoms with Crippen molar-refractivity contribution >= 4 is 5.96 Å². The van der Waals surface area contributed by atoms with Crippen LogP contribution in [0.15, 0.2) is 17.4 Å². The molecule has 1 aliphatic rings. The SMILES string of the molecule is CN=C(NCc1nccn1C(F)F)N1CCC(C)CC1. The van der Waals surface area contributed by atoms with E-state index in [0.29, 0.717) is 5.82 Å². The van der Waals surface area contributed by atoms with E-state index in [9.17, 15) is 8.78 Å². The number of halogens is 2. The minimum absolute atomic E-state index is 0.246. The highest BCUT2D eigenvalue weighted by molar-refractivity contribution is 5.79. The second-order valence-corrected chi connectivity index (χ2v) is 5.10. The molecule has 0 amide bonds. The molecule has 1 aromatic rings. The van der Waals surface area contributed by atoms with Gasteiger partial charge in [-0.15, -0.1) is 0 Å². The molecule has 1 saturated heterocycles. The van der Waals surface area contributed by atoms with Gasteiger partial charge in [0.25, 0.3) is 0 Å². The Bertz CT molecular complexity index is 449. The minimum atomic E-state index is -2.56. The summed E-state index contributed by atoms with van der Waals surface area (Å²) >= 11 is 0. The normalized spacial score (nSPS) is 17.9. The molecule has 0 bridgehead atoms. The van der Waals surface area contributed by atoms with Gasteiger partial charge in [-0.2, -0.15) is 8.78 Å². The maximum absolute atomic E-state index is 12.7. The second-order valence-electron chi connectivity index (χ2n) is 5.10. The van der Waals surface area contributed by atoms with E-state index in [2.05, 4.69) is 27.1 Å². The quantitative estimate of drug-likeness (QED) is 0.683. The Labute approximate surface area is 117 Å². The van der Waals surface area contributed by atoms with Crippen LogP contribution in [0.4, 0.5) is 8.78 Å². The first-order valence-corrected chi connectivity index (χ1v) is 6.87. The van der Waals surface area contributed by atoms with Gasteiger partial charge >= 0.3 is 6.55 Å². The van der Waals surface area contributed by atoms with E-state index in [1.54, 1.807) is 7.05 Å². The summed E-state index contributed by atoms with van der Waals surface area (Å²) in [5, 5.41) is 3.11. The van der Waals surface area contributed by atoms with Crippen molar-refractivity contribution < 1.29 is 8.78 Å². The van der Waals surface area contributed by atoms with Crippen LogP contribution in [0.1, 0.15) is 32.1 Å². The molecule has 2 rings (SSSR count). The number of hydrogen-bond donors (Lipinski definition) is 1. The maximum Gasteiger partial charge on any atom is 0.319 e. The van der Waals surface area contributed by atoms with Crippen LogP contribution in [0.3, 0.4) is 0 Å². The number of piperidine rings is 1. The van der Waals surface area contributed by atoms with E-state index in [4.69, 9.17) is 0 Å². The molecule has 0 radical (unpaired) electrons. The molecule has 0 atom stereocenters. The summed E-state index contributed by atoms with van der Waals surface area (Å²) in [5.41, 5.74) is 0. The fraction of sp³-hybridized carbons (Fsp3) is 0.692. The highest BCUT2D eigenvalue weighted by Crippen LogP contribution is 2.16. The Hall–Kier alpha value is -1.66. The van der Waals surface area contributed by atoms with Crippen molar-refractivity contribution in [3.63, 3.8) is 0 Å². The van der Waals surface area contributed by atoms with Crippen LogP contribution < -0.4 is 5.32 Å². The largest absolute Gasteiger partial charge is 0.349 e. The van der Waals surface area contributed by atoms with Gasteiger partial charge in [-0.3, -0.25) is 9.56 Å². The van der Waals surface area contributed by atoms with Gasteiger partial charge in [-0.25, -0.2) is 4.98 Å². The van der Waals surface area contributed by atoms with Crippen LogP contribution in [0.5, 0.6) is 0 Å². The van der Waals surface area contributed by atoms with Crippen LogP contribution in [0, 0.1) is 5.92 Å². The smallest absolute Gasteiger partial charge is 0.319 e. The molecule has 0 aliphatic carbocycles. The molecule has 1 N–H and O–H groups in total. The minimum Gasteiger partial charge on any atom is -0.349 e. The molecule has 20 heavy (non-hydrogen) atoms. The average molecular weight is 285 g/mol. The van der Waals surface area contributed by atoms with Crippen molar-refractivity contribution in [1.82, 2.24) is 19.8 Å². The number of imidazole rings is 1. The number of rotatable bonds is 3. The Morgan fingerprint density at radius 2 is 2.20 bits per heavy atom. The number of aliphatic imine (C=N–C) groups is 1. The Balaban J connectivity index is 1.93. The lowest BCUT2D eigenvalue weighted by atomic mass is 10.00. The van der Waals surface area contributed by atoms with E-state index in [1.807, 2.05) is 0 Å². The Morgan fingerprint density at radius 3 is 2.80 bits per heavy atom. The van der Waals surface area contributed by atoms with Gasteiger partial charge < -0.3 is 10.2 Å².